The van der Waals surface area contributed by atoms with Gasteiger partial charge < -0.3 is 9.05 Å². The summed E-state index contributed by atoms with van der Waals surface area (Å²) in [6.07, 6.45) is -5.17. The average molecular weight is 341 g/mol. The summed E-state index contributed by atoms with van der Waals surface area (Å²) in [5.41, 5.74) is -2.05. The zero-order chi connectivity index (χ0) is 17.0. The molecule has 0 saturated carbocycles. The molecule has 0 amide bonds. The van der Waals surface area contributed by atoms with Gasteiger partial charge in [-0.1, -0.05) is 6.07 Å². The van der Waals surface area contributed by atoms with Crippen LogP contribution in [0.15, 0.2) is 18.2 Å². The summed E-state index contributed by atoms with van der Waals surface area (Å²) < 4.78 is 60.2. The lowest BCUT2D eigenvalue weighted by molar-refractivity contribution is -0.385. The van der Waals surface area contributed by atoms with Gasteiger partial charge in [-0.3, -0.25) is 14.7 Å². The molecule has 0 heterocycles. The van der Waals surface area contributed by atoms with Crippen LogP contribution in [0.25, 0.3) is 0 Å². The molecule has 0 unspecified atom stereocenters. The van der Waals surface area contributed by atoms with Crippen molar-refractivity contribution < 1.29 is 31.7 Å². The van der Waals surface area contributed by atoms with Crippen LogP contribution in [0.2, 0.25) is 0 Å². The predicted octanol–water partition coefficient (Wildman–Crippen LogP) is 4.38. The molecular formula is C12H15F3NO5P. The van der Waals surface area contributed by atoms with Gasteiger partial charge >= 0.3 is 13.8 Å². The fourth-order valence-electron chi connectivity index (χ4n) is 1.77. The minimum Gasteiger partial charge on any atom is -0.309 e. The van der Waals surface area contributed by atoms with Crippen molar-refractivity contribution in [2.45, 2.75) is 26.2 Å². The van der Waals surface area contributed by atoms with Crippen molar-refractivity contribution in [1.29, 1.82) is 0 Å². The molecule has 0 atom stereocenters. The fraction of sp³-hybridized carbons (Fsp3) is 0.500. The lowest BCUT2D eigenvalue weighted by Gasteiger charge is -2.17. The van der Waals surface area contributed by atoms with E-state index < -0.39 is 36.1 Å². The Labute approximate surface area is 124 Å². The van der Waals surface area contributed by atoms with Crippen LogP contribution in [0.3, 0.4) is 0 Å². The van der Waals surface area contributed by atoms with E-state index in [2.05, 4.69) is 0 Å². The van der Waals surface area contributed by atoms with Gasteiger partial charge in [-0.05, 0) is 19.9 Å². The fourth-order valence-corrected chi connectivity index (χ4v) is 3.50. The van der Waals surface area contributed by atoms with Crippen LogP contribution in [0.1, 0.15) is 25.0 Å². The zero-order valence-corrected chi connectivity index (χ0v) is 12.8. The second-order valence-electron chi connectivity index (χ2n) is 4.20. The topological polar surface area (TPSA) is 78.7 Å². The first-order valence-corrected chi connectivity index (χ1v) is 8.08. The van der Waals surface area contributed by atoms with E-state index in [0.717, 1.165) is 6.07 Å². The molecule has 0 spiro atoms. The second kappa shape index (κ2) is 7.21. The molecule has 0 aromatic heterocycles. The van der Waals surface area contributed by atoms with Crippen molar-refractivity contribution in [1.82, 2.24) is 0 Å². The Balaban J connectivity index is 3.24. The Morgan fingerprint density at radius 1 is 1.23 bits per heavy atom. The highest BCUT2D eigenvalue weighted by atomic mass is 31.2. The summed E-state index contributed by atoms with van der Waals surface area (Å²) in [4.78, 5) is 10.0. The predicted molar refractivity (Wildman–Crippen MR) is 72.7 cm³/mol. The molecule has 1 aromatic rings. The van der Waals surface area contributed by atoms with Crippen molar-refractivity contribution in [3.8, 4) is 0 Å². The number of alkyl halides is 3. The zero-order valence-electron chi connectivity index (χ0n) is 11.9. The van der Waals surface area contributed by atoms with Gasteiger partial charge in [0.25, 0.3) is 5.69 Å². The molecule has 1 aromatic carbocycles. The highest BCUT2D eigenvalue weighted by Crippen LogP contribution is 2.52. The molecule has 1 rings (SSSR count). The molecule has 6 nitrogen and oxygen atoms in total. The van der Waals surface area contributed by atoms with Gasteiger partial charge in [-0.2, -0.15) is 13.2 Å². The summed E-state index contributed by atoms with van der Waals surface area (Å²) in [5, 5.41) is 11.0. The van der Waals surface area contributed by atoms with E-state index in [1.807, 2.05) is 0 Å². The van der Waals surface area contributed by atoms with E-state index in [0.29, 0.717) is 12.1 Å². The molecule has 0 aliphatic heterocycles. The lowest BCUT2D eigenvalue weighted by atomic mass is 10.1. The average Bonchev–Trinajstić information content (AvgIpc) is 2.37. The Bertz CT molecular complexity index is 581. The van der Waals surface area contributed by atoms with Gasteiger partial charge in [0.05, 0.1) is 29.9 Å². The van der Waals surface area contributed by atoms with Gasteiger partial charge in [0.15, 0.2) is 0 Å². The third-order valence-electron chi connectivity index (χ3n) is 2.62. The maximum absolute atomic E-state index is 12.6. The number of nitro groups is 1. The molecule has 124 valence electrons. The summed E-state index contributed by atoms with van der Waals surface area (Å²) in [6.45, 7) is 3.22. The van der Waals surface area contributed by atoms with Crippen LogP contribution in [0.5, 0.6) is 0 Å². The molecule has 0 aliphatic rings. The quantitative estimate of drug-likeness (QED) is 0.418. The Morgan fingerprint density at radius 3 is 2.18 bits per heavy atom. The maximum atomic E-state index is 12.6. The largest absolute Gasteiger partial charge is 0.416 e. The molecular weight excluding hydrogens is 326 g/mol. The van der Waals surface area contributed by atoms with Crippen molar-refractivity contribution in [3.63, 3.8) is 0 Å². The van der Waals surface area contributed by atoms with E-state index >= 15 is 0 Å². The number of halogens is 3. The SMILES string of the molecule is CCOP(=O)(Cc1ccc(C(F)(F)F)cc1[N+](=O)[O-])OCC. The van der Waals surface area contributed by atoms with Crippen molar-refractivity contribution in [2.75, 3.05) is 13.2 Å². The van der Waals surface area contributed by atoms with Gasteiger partial charge in [-0.25, -0.2) is 0 Å². The van der Waals surface area contributed by atoms with Crippen LogP contribution in [0.4, 0.5) is 18.9 Å². The van der Waals surface area contributed by atoms with Crippen molar-refractivity contribution in [3.05, 3.63) is 39.4 Å². The maximum Gasteiger partial charge on any atom is 0.416 e. The van der Waals surface area contributed by atoms with E-state index in [1.165, 1.54) is 0 Å². The Morgan fingerprint density at radius 2 is 1.77 bits per heavy atom. The van der Waals surface area contributed by atoms with Crippen LogP contribution in [-0.4, -0.2) is 18.1 Å². The van der Waals surface area contributed by atoms with E-state index in [9.17, 15) is 27.9 Å². The first kappa shape index (κ1) is 18.6. The van der Waals surface area contributed by atoms with Crippen LogP contribution in [0, 0.1) is 10.1 Å². The molecule has 0 N–H and O–H groups in total. The van der Waals surface area contributed by atoms with E-state index in [4.69, 9.17) is 9.05 Å². The molecule has 0 bridgehead atoms. The van der Waals surface area contributed by atoms with Gasteiger partial charge in [0.1, 0.15) is 0 Å². The van der Waals surface area contributed by atoms with Crippen LogP contribution >= 0.6 is 7.60 Å². The van der Waals surface area contributed by atoms with Crippen LogP contribution < -0.4 is 0 Å². The standard InChI is InChI=1S/C12H15F3NO5P/c1-3-20-22(19,21-4-2)8-9-5-6-10(12(13,14)15)7-11(9)16(17)18/h5-7H,3-4,8H2,1-2H3. The molecule has 10 heteroatoms. The molecule has 0 saturated heterocycles. The summed E-state index contributed by atoms with van der Waals surface area (Å²) in [5.74, 6) is 0. The number of benzene rings is 1. The first-order valence-electron chi connectivity index (χ1n) is 6.35. The number of rotatable bonds is 7. The summed E-state index contributed by atoms with van der Waals surface area (Å²) in [6, 6.07) is 2.04. The van der Waals surface area contributed by atoms with Gasteiger partial charge in [-0.15, -0.1) is 0 Å². The minimum absolute atomic E-state index is 0.0473. The number of hydrogen-bond donors (Lipinski definition) is 0. The van der Waals surface area contributed by atoms with E-state index in [1.54, 1.807) is 13.8 Å². The van der Waals surface area contributed by atoms with Crippen molar-refractivity contribution >= 4 is 13.3 Å². The highest BCUT2D eigenvalue weighted by molar-refractivity contribution is 7.53. The lowest BCUT2D eigenvalue weighted by Crippen LogP contribution is -2.07. The van der Waals surface area contributed by atoms with Crippen molar-refractivity contribution in [2.24, 2.45) is 0 Å². The number of hydrogen-bond acceptors (Lipinski definition) is 5. The van der Waals surface area contributed by atoms with E-state index in [-0.39, 0.29) is 18.8 Å². The van der Waals surface area contributed by atoms with Gasteiger partial charge in [0, 0.05) is 11.6 Å². The molecule has 0 aliphatic carbocycles. The third-order valence-corrected chi connectivity index (χ3v) is 4.66. The number of nitrogens with zero attached hydrogens (tertiary/aromatic N) is 1. The molecule has 0 radical (unpaired) electrons. The van der Waals surface area contributed by atoms with Crippen LogP contribution in [-0.2, 0) is 26.0 Å². The molecule has 0 fully saturated rings. The minimum atomic E-state index is -4.70. The smallest absolute Gasteiger partial charge is 0.309 e. The Hall–Kier alpha value is -1.44. The first-order chi connectivity index (χ1) is 10.1. The number of nitro benzene ring substituents is 1. The van der Waals surface area contributed by atoms with Gasteiger partial charge in [0.2, 0.25) is 0 Å². The molecule has 22 heavy (non-hydrogen) atoms. The second-order valence-corrected chi connectivity index (χ2v) is 6.26. The monoisotopic (exact) mass is 341 g/mol. The Kier molecular flexibility index (Phi) is 6.10. The summed E-state index contributed by atoms with van der Waals surface area (Å²) >= 11 is 0. The third kappa shape index (κ3) is 4.79. The normalized spacial score (nSPS) is 12.4. The summed E-state index contributed by atoms with van der Waals surface area (Å²) in [7, 11) is -3.65. The highest BCUT2D eigenvalue weighted by Gasteiger charge is 2.34.